The van der Waals surface area contributed by atoms with E-state index in [0.29, 0.717) is 13.2 Å². The number of rotatable bonds is 9. The molecule has 0 heterocycles. The van der Waals surface area contributed by atoms with Crippen LogP contribution in [0.2, 0.25) is 6.04 Å². The highest BCUT2D eigenvalue weighted by Crippen LogP contribution is 2.00. The lowest BCUT2D eigenvalue weighted by molar-refractivity contribution is 0.0349. The normalized spacial score (nSPS) is 13.5. The van der Waals surface area contributed by atoms with Gasteiger partial charge in [0.2, 0.25) is 0 Å². The highest BCUT2D eigenvalue weighted by Gasteiger charge is 2.08. The minimum atomic E-state index is -1.41. The highest BCUT2D eigenvalue weighted by atomic mass is 28.3. The maximum absolute atomic E-state index is 9.19. The van der Waals surface area contributed by atoms with Gasteiger partial charge in [0.1, 0.15) is 0 Å². The van der Waals surface area contributed by atoms with Crippen molar-refractivity contribution >= 4 is 9.28 Å². The Labute approximate surface area is 88.0 Å². The summed E-state index contributed by atoms with van der Waals surface area (Å²) in [6.45, 7) is 3.04. The van der Waals surface area contributed by atoms with Crippen LogP contribution in [0.1, 0.15) is 19.8 Å². The largest absolute Gasteiger partial charge is 0.400 e. The molecule has 1 atom stereocenters. The minimum absolute atomic E-state index is 0.326. The first-order chi connectivity index (χ1) is 6.74. The molecule has 1 unspecified atom stereocenters. The molecule has 5 heteroatoms. The molecule has 86 valence electrons. The van der Waals surface area contributed by atoms with Gasteiger partial charge in [-0.15, -0.1) is 0 Å². The summed E-state index contributed by atoms with van der Waals surface area (Å²) in [7, 11) is 1.96. The van der Waals surface area contributed by atoms with E-state index in [0.717, 1.165) is 18.9 Å². The van der Waals surface area contributed by atoms with E-state index in [9.17, 15) is 5.11 Å². The molecule has 14 heavy (non-hydrogen) atoms. The second kappa shape index (κ2) is 9.61. The predicted molar refractivity (Wildman–Crippen MR) is 57.7 cm³/mol. The lowest BCUT2D eigenvalue weighted by atomic mass is 10.3. The fourth-order valence-corrected chi connectivity index (χ4v) is 2.19. The van der Waals surface area contributed by atoms with Crippen molar-refractivity contribution in [2.45, 2.75) is 31.9 Å². The first kappa shape index (κ1) is 14.1. The van der Waals surface area contributed by atoms with E-state index in [1.54, 1.807) is 14.2 Å². The number of aliphatic hydroxyl groups is 1. The second-order valence-electron chi connectivity index (χ2n) is 3.18. The standard InChI is InChI=1S/C9H22O4Si/c1-4-9(10)8-13-6-5-7-14(11-2)12-3/h9-10,14H,4-8H2,1-3H3. The molecular formula is C9H22O4Si. The van der Waals surface area contributed by atoms with E-state index >= 15 is 0 Å². The molecule has 0 bridgehead atoms. The molecule has 0 saturated carbocycles. The Morgan fingerprint density at radius 3 is 2.43 bits per heavy atom. The van der Waals surface area contributed by atoms with Crippen molar-refractivity contribution in [2.24, 2.45) is 0 Å². The van der Waals surface area contributed by atoms with Crippen LogP contribution in [-0.4, -0.2) is 47.9 Å². The van der Waals surface area contributed by atoms with E-state index in [-0.39, 0.29) is 6.10 Å². The Balaban J connectivity index is 3.20. The molecule has 0 aromatic carbocycles. The second-order valence-corrected chi connectivity index (χ2v) is 5.56. The zero-order chi connectivity index (χ0) is 10.8. The van der Waals surface area contributed by atoms with Gasteiger partial charge in [0, 0.05) is 20.8 Å². The lowest BCUT2D eigenvalue weighted by Crippen LogP contribution is -2.20. The van der Waals surface area contributed by atoms with Gasteiger partial charge in [-0.25, -0.2) is 0 Å². The van der Waals surface area contributed by atoms with Gasteiger partial charge in [0.05, 0.1) is 12.7 Å². The first-order valence-corrected chi connectivity index (χ1v) is 6.81. The van der Waals surface area contributed by atoms with Crippen LogP contribution in [0, 0.1) is 0 Å². The molecule has 0 aromatic heterocycles. The van der Waals surface area contributed by atoms with E-state index in [2.05, 4.69) is 0 Å². The Bertz CT molecular complexity index is 119. The van der Waals surface area contributed by atoms with Crippen molar-refractivity contribution in [3.8, 4) is 0 Å². The summed E-state index contributed by atoms with van der Waals surface area (Å²) in [4.78, 5) is 0. The fourth-order valence-electron chi connectivity index (χ4n) is 1.02. The third-order valence-corrected chi connectivity index (χ3v) is 3.97. The van der Waals surface area contributed by atoms with E-state index in [1.807, 2.05) is 6.92 Å². The molecule has 0 aliphatic rings. The monoisotopic (exact) mass is 222 g/mol. The summed E-state index contributed by atoms with van der Waals surface area (Å²) in [5, 5.41) is 9.19. The van der Waals surface area contributed by atoms with Gasteiger partial charge in [0.15, 0.2) is 0 Å². The molecule has 0 aliphatic heterocycles. The molecule has 0 aliphatic carbocycles. The van der Waals surface area contributed by atoms with Crippen LogP contribution in [-0.2, 0) is 13.6 Å². The molecule has 0 rings (SSSR count). The molecule has 0 fully saturated rings. The van der Waals surface area contributed by atoms with E-state index < -0.39 is 9.28 Å². The summed E-state index contributed by atoms with van der Waals surface area (Å²) in [6, 6.07) is 0.954. The SMILES string of the molecule is CCC(O)COCCC[SiH](OC)OC. The summed E-state index contributed by atoms with van der Waals surface area (Å²) < 4.78 is 15.6. The molecule has 0 saturated heterocycles. The smallest absolute Gasteiger partial charge is 0.320 e. The van der Waals surface area contributed by atoms with Gasteiger partial charge in [0.25, 0.3) is 0 Å². The van der Waals surface area contributed by atoms with Crippen LogP contribution in [0.4, 0.5) is 0 Å². The Morgan fingerprint density at radius 2 is 1.93 bits per heavy atom. The van der Waals surface area contributed by atoms with Crippen LogP contribution >= 0.6 is 0 Å². The van der Waals surface area contributed by atoms with Crippen LogP contribution in [0.3, 0.4) is 0 Å². The van der Waals surface area contributed by atoms with E-state index in [1.165, 1.54) is 0 Å². The van der Waals surface area contributed by atoms with Crippen molar-refractivity contribution in [3.05, 3.63) is 0 Å². The van der Waals surface area contributed by atoms with Crippen LogP contribution < -0.4 is 0 Å². The molecule has 4 nitrogen and oxygen atoms in total. The number of ether oxygens (including phenoxy) is 1. The number of hydrogen-bond acceptors (Lipinski definition) is 4. The third-order valence-electron chi connectivity index (χ3n) is 2.04. The maximum Gasteiger partial charge on any atom is 0.320 e. The van der Waals surface area contributed by atoms with Crippen molar-refractivity contribution in [1.29, 1.82) is 0 Å². The molecular weight excluding hydrogens is 200 g/mol. The first-order valence-electron chi connectivity index (χ1n) is 5.06. The highest BCUT2D eigenvalue weighted by molar-refractivity contribution is 6.44. The summed E-state index contributed by atoms with van der Waals surface area (Å²) in [5.41, 5.74) is 0. The average Bonchev–Trinajstić information content (AvgIpc) is 2.23. The Morgan fingerprint density at radius 1 is 1.29 bits per heavy atom. The number of hydrogen-bond donors (Lipinski definition) is 1. The Kier molecular flexibility index (Phi) is 9.64. The Hall–Kier alpha value is 0.0569. The van der Waals surface area contributed by atoms with Crippen molar-refractivity contribution in [2.75, 3.05) is 27.4 Å². The lowest BCUT2D eigenvalue weighted by Gasteiger charge is -2.11. The summed E-state index contributed by atoms with van der Waals surface area (Å²) in [6.07, 6.45) is 1.36. The van der Waals surface area contributed by atoms with Gasteiger partial charge < -0.3 is 18.7 Å². The molecule has 0 radical (unpaired) electrons. The van der Waals surface area contributed by atoms with Crippen LogP contribution in [0.5, 0.6) is 0 Å². The van der Waals surface area contributed by atoms with Gasteiger partial charge in [-0.05, 0) is 18.9 Å². The molecule has 0 spiro atoms. The van der Waals surface area contributed by atoms with E-state index in [4.69, 9.17) is 13.6 Å². The zero-order valence-corrected chi connectivity index (χ0v) is 10.5. The van der Waals surface area contributed by atoms with Crippen LogP contribution in [0.15, 0.2) is 0 Å². The fraction of sp³-hybridized carbons (Fsp3) is 1.00. The molecule has 1 N–H and O–H groups in total. The number of aliphatic hydroxyl groups excluding tert-OH is 1. The topological polar surface area (TPSA) is 47.9 Å². The summed E-state index contributed by atoms with van der Waals surface area (Å²) >= 11 is 0. The van der Waals surface area contributed by atoms with Gasteiger partial charge >= 0.3 is 9.28 Å². The van der Waals surface area contributed by atoms with Gasteiger partial charge in [-0.1, -0.05) is 6.92 Å². The molecule has 0 amide bonds. The van der Waals surface area contributed by atoms with Gasteiger partial charge in [-0.2, -0.15) is 0 Å². The average molecular weight is 222 g/mol. The zero-order valence-electron chi connectivity index (χ0n) is 9.36. The quantitative estimate of drug-likeness (QED) is 0.460. The summed E-state index contributed by atoms with van der Waals surface area (Å²) in [5.74, 6) is 0. The predicted octanol–water partition coefficient (Wildman–Crippen LogP) is 0.677. The van der Waals surface area contributed by atoms with Crippen LogP contribution in [0.25, 0.3) is 0 Å². The van der Waals surface area contributed by atoms with Gasteiger partial charge in [-0.3, -0.25) is 0 Å². The van der Waals surface area contributed by atoms with Crippen molar-refractivity contribution in [1.82, 2.24) is 0 Å². The maximum atomic E-state index is 9.19. The third kappa shape index (κ3) is 7.46. The van der Waals surface area contributed by atoms with Crippen molar-refractivity contribution in [3.63, 3.8) is 0 Å². The van der Waals surface area contributed by atoms with Crippen molar-refractivity contribution < 1.29 is 18.7 Å². The molecule has 0 aromatic rings. The minimum Gasteiger partial charge on any atom is -0.400 e.